The van der Waals surface area contributed by atoms with Crippen LogP contribution in [0.5, 0.6) is 0 Å². The van der Waals surface area contributed by atoms with Crippen molar-refractivity contribution in [1.29, 1.82) is 0 Å². The Morgan fingerprint density at radius 1 is 1.36 bits per heavy atom. The standard InChI is InChI=1S/C9H8FN/c1-11-7-9(10)8-5-3-2-4-6-8/h2-6,9H,7H2. The van der Waals surface area contributed by atoms with Crippen molar-refractivity contribution in [2.75, 3.05) is 6.54 Å². The van der Waals surface area contributed by atoms with Gasteiger partial charge in [0.1, 0.15) is 0 Å². The van der Waals surface area contributed by atoms with Crippen molar-refractivity contribution in [3.8, 4) is 0 Å². The van der Waals surface area contributed by atoms with Gasteiger partial charge in [0.05, 0.1) is 0 Å². The number of hydrogen-bond acceptors (Lipinski definition) is 0. The Hall–Kier alpha value is -1.36. The molecule has 0 bridgehead atoms. The van der Waals surface area contributed by atoms with Gasteiger partial charge in [-0.2, -0.15) is 0 Å². The lowest BCUT2D eigenvalue weighted by Crippen LogP contribution is -1.92. The Bertz CT molecular complexity index is 250. The molecule has 2 heteroatoms. The van der Waals surface area contributed by atoms with Gasteiger partial charge in [-0.15, -0.1) is 0 Å². The molecule has 0 aliphatic heterocycles. The van der Waals surface area contributed by atoms with E-state index in [0.29, 0.717) is 5.56 Å². The van der Waals surface area contributed by atoms with Crippen LogP contribution in [0, 0.1) is 6.57 Å². The second-order valence-corrected chi connectivity index (χ2v) is 2.22. The van der Waals surface area contributed by atoms with Crippen molar-refractivity contribution >= 4 is 0 Å². The first-order valence-electron chi connectivity index (χ1n) is 3.37. The monoisotopic (exact) mass is 149 g/mol. The van der Waals surface area contributed by atoms with Crippen molar-refractivity contribution in [3.05, 3.63) is 47.3 Å². The van der Waals surface area contributed by atoms with Gasteiger partial charge in [-0.25, -0.2) is 11.0 Å². The van der Waals surface area contributed by atoms with E-state index in [1.54, 1.807) is 24.3 Å². The van der Waals surface area contributed by atoms with Crippen molar-refractivity contribution < 1.29 is 4.39 Å². The van der Waals surface area contributed by atoms with E-state index in [1.807, 2.05) is 6.07 Å². The molecule has 56 valence electrons. The summed E-state index contributed by atoms with van der Waals surface area (Å²) in [5.74, 6) is 0. The highest BCUT2D eigenvalue weighted by molar-refractivity contribution is 5.18. The number of rotatable bonds is 2. The van der Waals surface area contributed by atoms with E-state index in [4.69, 9.17) is 6.57 Å². The van der Waals surface area contributed by atoms with E-state index in [-0.39, 0.29) is 6.54 Å². The van der Waals surface area contributed by atoms with E-state index in [2.05, 4.69) is 4.85 Å². The molecular formula is C9H8FN. The number of halogens is 1. The Morgan fingerprint density at radius 3 is 2.55 bits per heavy atom. The summed E-state index contributed by atoms with van der Waals surface area (Å²) < 4.78 is 12.9. The number of benzene rings is 1. The molecule has 0 saturated carbocycles. The fraction of sp³-hybridized carbons (Fsp3) is 0.222. The first-order valence-corrected chi connectivity index (χ1v) is 3.37. The van der Waals surface area contributed by atoms with Crippen molar-refractivity contribution in [2.45, 2.75) is 6.17 Å². The van der Waals surface area contributed by atoms with Gasteiger partial charge in [-0.1, -0.05) is 30.3 Å². The summed E-state index contributed by atoms with van der Waals surface area (Å²) in [4.78, 5) is 2.99. The van der Waals surface area contributed by atoms with Crippen LogP contribution >= 0.6 is 0 Å². The maximum Gasteiger partial charge on any atom is 0.249 e. The average molecular weight is 149 g/mol. The second-order valence-electron chi connectivity index (χ2n) is 2.22. The van der Waals surface area contributed by atoms with Crippen LogP contribution < -0.4 is 0 Å². The van der Waals surface area contributed by atoms with Crippen LogP contribution in [0.25, 0.3) is 4.85 Å². The molecule has 0 radical (unpaired) electrons. The van der Waals surface area contributed by atoms with E-state index in [9.17, 15) is 4.39 Å². The van der Waals surface area contributed by atoms with Gasteiger partial charge in [-0.05, 0) is 5.56 Å². The maximum atomic E-state index is 12.9. The van der Waals surface area contributed by atoms with Gasteiger partial charge in [0, 0.05) is 0 Å². The number of hydrogen-bond donors (Lipinski definition) is 0. The molecule has 0 aliphatic rings. The Labute approximate surface area is 65.3 Å². The first kappa shape index (κ1) is 7.74. The second kappa shape index (κ2) is 3.72. The number of alkyl halides is 1. The normalized spacial score (nSPS) is 12.0. The third kappa shape index (κ3) is 2.05. The molecule has 0 N–H and O–H groups in total. The first-order chi connectivity index (χ1) is 5.34. The molecule has 1 unspecified atom stereocenters. The maximum absolute atomic E-state index is 12.9. The van der Waals surface area contributed by atoms with Crippen molar-refractivity contribution in [2.24, 2.45) is 0 Å². The lowest BCUT2D eigenvalue weighted by atomic mass is 10.1. The van der Waals surface area contributed by atoms with Crippen LogP contribution in [-0.2, 0) is 0 Å². The lowest BCUT2D eigenvalue weighted by molar-refractivity contribution is 0.367. The summed E-state index contributed by atoms with van der Waals surface area (Å²) in [7, 11) is 0. The molecule has 1 aromatic carbocycles. The molecule has 11 heavy (non-hydrogen) atoms. The summed E-state index contributed by atoms with van der Waals surface area (Å²) in [6.45, 7) is 6.39. The topological polar surface area (TPSA) is 4.36 Å². The van der Waals surface area contributed by atoms with Gasteiger partial charge < -0.3 is 4.85 Å². The lowest BCUT2D eigenvalue weighted by Gasteiger charge is -1.99. The van der Waals surface area contributed by atoms with Crippen LogP contribution in [0.1, 0.15) is 11.7 Å². The average Bonchev–Trinajstić information content (AvgIpc) is 2.07. The predicted molar refractivity (Wildman–Crippen MR) is 41.8 cm³/mol. The fourth-order valence-corrected chi connectivity index (χ4v) is 0.847. The molecule has 1 rings (SSSR count). The predicted octanol–water partition coefficient (Wildman–Crippen LogP) is 2.62. The largest absolute Gasteiger partial charge is 0.313 e. The minimum absolute atomic E-state index is 0.0794. The highest BCUT2D eigenvalue weighted by Gasteiger charge is 2.10. The van der Waals surface area contributed by atoms with Crippen LogP contribution in [0.3, 0.4) is 0 Å². The van der Waals surface area contributed by atoms with Gasteiger partial charge in [0.15, 0.2) is 6.17 Å². The third-order valence-corrected chi connectivity index (χ3v) is 1.41. The molecule has 1 aromatic rings. The molecule has 0 amide bonds. The molecule has 0 aliphatic carbocycles. The summed E-state index contributed by atoms with van der Waals surface area (Å²) in [6, 6.07) is 8.75. The molecule has 0 spiro atoms. The molecule has 1 atom stereocenters. The minimum Gasteiger partial charge on any atom is -0.313 e. The van der Waals surface area contributed by atoms with E-state index >= 15 is 0 Å². The van der Waals surface area contributed by atoms with Gasteiger partial charge in [0.25, 0.3) is 0 Å². The van der Waals surface area contributed by atoms with Crippen molar-refractivity contribution in [1.82, 2.24) is 0 Å². The minimum atomic E-state index is -1.13. The van der Waals surface area contributed by atoms with Crippen LogP contribution in [0.4, 0.5) is 4.39 Å². The highest BCUT2D eigenvalue weighted by Crippen LogP contribution is 2.16. The summed E-state index contributed by atoms with van der Waals surface area (Å²) in [6.07, 6.45) is -1.13. The fourth-order valence-electron chi connectivity index (χ4n) is 0.847. The number of nitrogens with zero attached hydrogens (tertiary/aromatic N) is 1. The quantitative estimate of drug-likeness (QED) is 0.569. The summed E-state index contributed by atoms with van der Waals surface area (Å²) in [5, 5.41) is 0. The molecular weight excluding hydrogens is 141 g/mol. The van der Waals surface area contributed by atoms with E-state index < -0.39 is 6.17 Å². The van der Waals surface area contributed by atoms with E-state index in [0.717, 1.165) is 0 Å². The molecule has 0 aromatic heterocycles. The van der Waals surface area contributed by atoms with Gasteiger partial charge in [-0.3, -0.25) is 0 Å². The molecule has 1 nitrogen and oxygen atoms in total. The zero-order chi connectivity index (χ0) is 8.10. The zero-order valence-electron chi connectivity index (χ0n) is 6.00. The highest BCUT2D eigenvalue weighted by atomic mass is 19.1. The summed E-state index contributed by atoms with van der Waals surface area (Å²) in [5.41, 5.74) is 0.587. The Morgan fingerprint density at radius 2 is 2.00 bits per heavy atom. The molecule has 0 fully saturated rings. The van der Waals surface area contributed by atoms with E-state index in [1.165, 1.54) is 0 Å². The van der Waals surface area contributed by atoms with Crippen LogP contribution in [0.15, 0.2) is 30.3 Å². The van der Waals surface area contributed by atoms with Gasteiger partial charge >= 0.3 is 0 Å². The third-order valence-electron chi connectivity index (χ3n) is 1.41. The van der Waals surface area contributed by atoms with Crippen molar-refractivity contribution in [3.63, 3.8) is 0 Å². The Balaban J connectivity index is 2.70. The SMILES string of the molecule is [C-]#[N+]CC(F)c1ccccc1. The Kier molecular flexibility index (Phi) is 2.62. The van der Waals surface area contributed by atoms with Gasteiger partial charge in [0.2, 0.25) is 6.54 Å². The van der Waals surface area contributed by atoms with Crippen LogP contribution in [-0.4, -0.2) is 6.54 Å². The molecule has 0 heterocycles. The molecule has 0 saturated heterocycles. The van der Waals surface area contributed by atoms with Crippen LogP contribution in [0.2, 0.25) is 0 Å². The smallest absolute Gasteiger partial charge is 0.249 e. The summed E-state index contributed by atoms with van der Waals surface area (Å²) >= 11 is 0. The zero-order valence-corrected chi connectivity index (χ0v) is 6.00.